The molecule has 1 aliphatic rings. The van der Waals surface area contributed by atoms with Crippen LogP contribution < -0.4 is 5.32 Å². The van der Waals surface area contributed by atoms with Crippen LogP contribution in [-0.2, 0) is 11.3 Å². The van der Waals surface area contributed by atoms with Gasteiger partial charge in [0.15, 0.2) is 0 Å². The fourth-order valence-corrected chi connectivity index (χ4v) is 2.35. The van der Waals surface area contributed by atoms with E-state index >= 15 is 0 Å². The first kappa shape index (κ1) is 13.4. The van der Waals surface area contributed by atoms with Gasteiger partial charge in [-0.15, -0.1) is 0 Å². The van der Waals surface area contributed by atoms with Crippen LogP contribution in [0, 0.1) is 11.3 Å². The molecule has 0 spiro atoms. The second-order valence-electron chi connectivity index (χ2n) is 4.58. The maximum absolute atomic E-state index is 8.75. The number of hydrogen-bond donors (Lipinski definition) is 1. The summed E-state index contributed by atoms with van der Waals surface area (Å²) in [5.74, 6) is 0. The van der Waals surface area contributed by atoms with E-state index in [2.05, 4.69) is 11.4 Å². The predicted molar refractivity (Wildman–Crippen MR) is 71.5 cm³/mol. The van der Waals surface area contributed by atoms with E-state index in [1.165, 1.54) is 19.3 Å². The average molecular weight is 265 g/mol. The quantitative estimate of drug-likeness (QED) is 0.910. The number of rotatable bonds is 4. The third-order valence-electron chi connectivity index (χ3n) is 3.17. The molecule has 0 aromatic heterocycles. The van der Waals surface area contributed by atoms with Gasteiger partial charge in [-0.1, -0.05) is 24.1 Å². The van der Waals surface area contributed by atoms with Gasteiger partial charge in [0, 0.05) is 11.1 Å². The normalized spacial score (nSPS) is 19.4. The summed E-state index contributed by atoms with van der Waals surface area (Å²) < 4.78 is 5.68. The monoisotopic (exact) mass is 264 g/mol. The van der Waals surface area contributed by atoms with Gasteiger partial charge in [-0.05, 0) is 37.1 Å². The molecule has 4 heteroatoms. The van der Waals surface area contributed by atoms with E-state index < -0.39 is 0 Å². The lowest BCUT2D eigenvalue weighted by atomic mass is 10.1. The zero-order valence-electron chi connectivity index (χ0n) is 10.3. The Bertz CT molecular complexity index is 436. The molecular formula is C14H17ClN2O. The van der Waals surface area contributed by atoms with Crippen molar-refractivity contribution in [3.05, 3.63) is 34.3 Å². The number of nitrogens with one attached hydrogen (secondary N) is 1. The summed E-state index contributed by atoms with van der Waals surface area (Å²) in [6, 6.07) is 7.84. The molecule has 18 heavy (non-hydrogen) atoms. The maximum atomic E-state index is 8.75. The van der Waals surface area contributed by atoms with Crippen molar-refractivity contribution in [1.82, 2.24) is 5.32 Å². The number of ether oxygens (including phenoxy) is 1. The van der Waals surface area contributed by atoms with Gasteiger partial charge in [-0.3, -0.25) is 0 Å². The van der Waals surface area contributed by atoms with Crippen molar-refractivity contribution in [1.29, 1.82) is 5.26 Å². The molecule has 1 aromatic rings. The van der Waals surface area contributed by atoms with Crippen molar-refractivity contribution in [3.8, 4) is 6.07 Å². The molecule has 1 aromatic carbocycles. The molecule has 0 bridgehead atoms. The van der Waals surface area contributed by atoms with Crippen molar-refractivity contribution < 1.29 is 4.74 Å². The number of hydrogen-bond acceptors (Lipinski definition) is 3. The Labute approximate surface area is 113 Å². The number of piperidine rings is 1. The highest BCUT2D eigenvalue weighted by Crippen LogP contribution is 2.18. The molecule has 0 saturated carbocycles. The lowest BCUT2D eigenvalue weighted by molar-refractivity contribution is 0.0912. The summed E-state index contributed by atoms with van der Waals surface area (Å²) in [6.07, 6.45) is 3.72. The third kappa shape index (κ3) is 3.71. The highest BCUT2D eigenvalue weighted by molar-refractivity contribution is 6.31. The molecule has 1 aliphatic heterocycles. The van der Waals surface area contributed by atoms with Crippen molar-refractivity contribution in [2.75, 3.05) is 13.2 Å². The smallest absolute Gasteiger partial charge is 0.0992 e. The third-order valence-corrected chi connectivity index (χ3v) is 3.52. The Kier molecular flexibility index (Phi) is 5.00. The molecule has 1 unspecified atom stereocenters. The first-order chi connectivity index (χ1) is 8.79. The minimum atomic E-state index is 0.468. The standard InChI is InChI=1S/C14H17ClN2O/c15-14-7-11(8-16)4-5-12(14)9-18-10-13-3-1-2-6-17-13/h4-5,7,13,17H,1-3,6,9-10H2. The van der Waals surface area contributed by atoms with E-state index in [1.807, 2.05) is 6.07 Å². The Morgan fingerprint density at radius 2 is 2.33 bits per heavy atom. The number of nitrogens with zero attached hydrogens (tertiary/aromatic N) is 1. The zero-order valence-corrected chi connectivity index (χ0v) is 11.0. The average Bonchev–Trinajstić information content (AvgIpc) is 2.42. The van der Waals surface area contributed by atoms with E-state index in [9.17, 15) is 0 Å². The molecule has 0 aliphatic carbocycles. The molecule has 1 saturated heterocycles. The van der Waals surface area contributed by atoms with Crippen molar-refractivity contribution in [2.24, 2.45) is 0 Å². The minimum Gasteiger partial charge on any atom is -0.375 e. The van der Waals surface area contributed by atoms with Gasteiger partial charge in [-0.25, -0.2) is 0 Å². The van der Waals surface area contributed by atoms with Gasteiger partial charge < -0.3 is 10.1 Å². The van der Waals surface area contributed by atoms with Gasteiger partial charge in [-0.2, -0.15) is 5.26 Å². The van der Waals surface area contributed by atoms with Crippen LogP contribution in [0.4, 0.5) is 0 Å². The Morgan fingerprint density at radius 3 is 3.00 bits per heavy atom. The molecule has 1 atom stereocenters. The van der Waals surface area contributed by atoms with E-state index in [-0.39, 0.29) is 0 Å². The van der Waals surface area contributed by atoms with Crippen LogP contribution in [-0.4, -0.2) is 19.2 Å². The molecule has 1 heterocycles. The van der Waals surface area contributed by atoms with Gasteiger partial charge >= 0.3 is 0 Å². The molecule has 3 nitrogen and oxygen atoms in total. The van der Waals surface area contributed by atoms with Gasteiger partial charge in [0.05, 0.1) is 24.8 Å². The number of benzene rings is 1. The molecular weight excluding hydrogens is 248 g/mol. The Balaban J connectivity index is 1.81. The van der Waals surface area contributed by atoms with Crippen molar-refractivity contribution in [2.45, 2.75) is 31.9 Å². The van der Waals surface area contributed by atoms with Gasteiger partial charge in [0.1, 0.15) is 0 Å². The van der Waals surface area contributed by atoms with Crippen molar-refractivity contribution in [3.63, 3.8) is 0 Å². The molecule has 0 radical (unpaired) electrons. The first-order valence-corrected chi connectivity index (χ1v) is 6.67. The zero-order chi connectivity index (χ0) is 12.8. The maximum Gasteiger partial charge on any atom is 0.0992 e. The van der Waals surface area contributed by atoms with Crippen LogP contribution in [0.2, 0.25) is 5.02 Å². The van der Waals surface area contributed by atoms with Crippen molar-refractivity contribution >= 4 is 11.6 Å². The molecule has 2 rings (SSSR count). The van der Waals surface area contributed by atoms with Crippen LogP contribution >= 0.6 is 11.6 Å². The summed E-state index contributed by atoms with van der Waals surface area (Å²) >= 11 is 6.08. The Morgan fingerprint density at radius 1 is 1.44 bits per heavy atom. The fourth-order valence-electron chi connectivity index (χ4n) is 2.11. The van der Waals surface area contributed by atoms with E-state index in [0.29, 0.717) is 23.2 Å². The second-order valence-corrected chi connectivity index (χ2v) is 4.99. The van der Waals surface area contributed by atoms with Crippen LogP contribution in [0.25, 0.3) is 0 Å². The summed E-state index contributed by atoms with van der Waals surface area (Å²) in [5, 5.41) is 12.8. The Hall–Kier alpha value is -1.08. The highest BCUT2D eigenvalue weighted by atomic mass is 35.5. The lowest BCUT2D eigenvalue weighted by Crippen LogP contribution is -2.37. The van der Waals surface area contributed by atoms with E-state index in [1.54, 1.807) is 12.1 Å². The molecule has 1 N–H and O–H groups in total. The first-order valence-electron chi connectivity index (χ1n) is 6.29. The van der Waals surface area contributed by atoms with Gasteiger partial charge in [0.2, 0.25) is 0 Å². The number of halogens is 1. The van der Waals surface area contributed by atoms with Gasteiger partial charge in [0.25, 0.3) is 0 Å². The largest absolute Gasteiger partial charge is 0.375 e. The summed E-state index contributed by atoms with van der Waals surface area (Å²) in [7, 11) is 0. The SMILES string of the molecule is N#Cc1ccc(COCC2CCCCN2)c(Cl)c1. The van der Waals surface area contributed by atoms with E-state index in [0.717, 1.165) is 18.7 Å². The van der Waals surface area contributed by atoms with Crippen LogP contribution in [0.1, 0.15) is 30.4 Å². The summed E-state index contributed by atoms with van der Waals surface area (Å²) in [5.41, 5.74) is 1.52. The minimum absolute atomic E-state index is 0.468. The van der Waals surface area contributed by atoms with E-state index in [4.69, 9.17) is 21.6 Å². The lowest BCUT2D eigenvalue weighted by Gasteiger charge is -2.23. The summed E-state index contributed by atoms with van der Waals surface area (Å²) in [4.78, 5) is 0. The number of nitriles is 1. The van der Waals surface area contributed by atoms with Crippen LogP contribution in [0.15, 0.2) is 18.2 Å². The second kappa shape index (κ2) is 6.75. The van der Waals surface area contributed by atoms with Crippen LogP contribution in [0.3, 0.4) is 0 Å². The summed E-state index contributed by atoms with van der Waals surface area (Å²) in [6.45, 7) is 2.31. The highest BCUT2D eigenvalue weighted by Gasteiger charge is 2.12. The van der Waals surface area contributed by atoms with Crippen LogP contribution in [0.5, 0.6) is 0 Å². The molecule has 1 fully saturated rings. The molecule has 96 valence electrons. The topological polar surface area (TPSA) is 45.0 Å². The fraction of sp³-hybridized carbons (Fsp3) is 0.500. The molecule has 0 amide bonds. The predicted octanol–water partition coefficient (Wildman–Crippen LogP) is 2.87.